The lowest BCUT2D eigenvalue weighted by Crippen LogP contribution is -2.55. The van der Waals surface area contributed by atoms with Crippen LogP contribution >= 0.6 is 23.2 Å². The third-order valence-corrected chi connectivity index (χ3v) is 12.6. The van der Waals surface area contributed by atoms with E-state index in [-0.39, 0.29) is 52.5 Å². The van der Waals surface area contributed by atoms with Gasteiger partial charge in [-0.2, -0.15) is 5.10 Å². The number of amides is 2. The highest BCUT2D eigenvalue weighted by Crippen LogP contribution is 2.51. The van der Waals surface area contributed by atoms with Crippen LogP contribution in [0.5, 0.6) is 23.0 Å². The van der Waals surface area contributed by atoms with Crippen molar-refractivity contribution in [3.8, 4) is 45.5 Å². The van der Waals surface area contributed by atoms with Crippen molar-refractivity contribution in [2.45, 2.75) is 43.4 Å². The van der Waals surface area contributed by atoms with Crippen LogP contribution in [0.1, 0.15) is 30.7 Å². The molecule has 7 aromatic rings. The topological polar surface area (TPSA) is 211 Å². The van der Waals surface area contributed by atoms with Gasteiger partial charge in [0.1, 0.15) is 35.4 Å². The first-order chi connectivity index (χ1) is 33.9. The smallest absolute Gasteiger partial charge is 0.247 e. The minimum absolute atomic E-state index is 0.0472. The van der Waals surface area contributed by atoms with Crippen molar-refractivity contribution in [1.82, 2.24) is 40.0 Å². The standard InChI is InChI=1S/C49H46Cl2FN11O7/c1-7-40(64)58-29-14-28(69-23-34(29)57-39-13-26-17-53-30(11-25(26)18-55-39)43-42(24-9-10-24)35(66-4)15-38(68-6)47(43)52)22-70-37-16-36(67-5)45(50)44(46(37)51)31-12-27-19-56-49(60-32(27)20-54-31)61-48-33(21-63(3)62-48)59-41(65)8-2/h7-8,11-13,15-21,24,28-29,34H,1-2,9-10,14,22-23H2,3-6H3,(H,55,57)(H,58,64)(H,59,65)(H,56,60,61,62)/t28?,29-,34+/m0/s1. The van der Waals surface area contributed by atoms with Gasteiger partial charge >= 0.3 is 0 Å². The van der Waals surface area contributed by atoms with Crippen LogP contribution in [0.15, 0.2) is 86.6 Å². The zero-order valence-corrected chi connectivity index (χ0v) is 39.8. The normalized spacial score (nSPS) is 16.6. The zero-order chi connectivity index (χ0) is 49.2. The molecule has 21 heteroatoms. The number of fused-ring (bicyclic) bond motifs is 2. The molecule has 2 amide bonds. The average molecular weight is 991 g/mol. The minimum atomic E-state index is -0.492. The van der Waals surface area contributed by atoms with Gasteiger partial charge < -0.3 is 45.0 Å². The number of rotatable bonds is 17. The van der Waals surface area contributed by atoms with Crippen molar-refractivity contribution >= 4 is 80.0 Å². The van der Waals surface area contributed by atoms with Crippen LogP contribution < -0.4 is 40.2 Å². The summed E-state index contributed by atoms with van der Waals surface area (Å²) in [6, 6.07) is 7.70. The molecule has 1 unspecified atom stereocenters. The Morgan fingerprint density at radius 2 is 1.50 bits per heavy atom. The Balaban J connectivity index is 0.900. The van der Waals surface area contributed by atoms with E-state index in [2.05, 4.69) is 64.4 Å². The summed E-state index contributed by atoms with van der Waals surface area (Å²) in [6.45, 7) is 7.35. The Hall–Kier alpha value is -7.61. The van der Waals surface area contributed by atoms with E-state index in [9.17, 15) is 9.59 Å². The van der Waals surface area contributed by atoms with Gasteiger partial charge in [0.25, 0.3) is 0 Å². The predicted octanol–water partition coefficient (Wildman–Crippen LogP) is 8.57. The highest BCUT2D eigenvalue weighted by molar-refractivity contribution is 6.41. The molecule has 18 nitrogen and oxygen atoms in total. The molecule has 360 valence electrons. The summed E-state index contributed by atoms with van der Waals surface area (Å²) < 4.78 is 46.7. The number of nitrogens with one attached hydrogen (secondary N) is 4. The molecule has 0 radical (unpaired) electrons. The van der Waals surface area contributed by atoms with Crippen LogP contribution in [0.3, 0.4) is 0 Å². The van der Waals surface area contributed by atoms with E-state index in [1.807, 2.05) is 6.07 Å². The van der Waals surface area contributed by atoms with Gasteiger partial charge in [-0.3, -0.25) is 24.2 Å². The van der Waals surface area contributed by atoms with Gasteiger partial charge in [0, 0.05) is 70.6 Å². The molecule has 1 aliphatic heterocycles. The third kappa shape index (κ3) is 9.81. The third-order valence-electron chi connectivity index (χ3n) is 11.9. The molecule has 2 aromatic carbocycles. The van der Waals surface area contributed by atoms with Gasteiger partial charge in [0.15, 0.2) is 17.4 Å². The average Bonchev–Trinajstić information content (AvgIpc) is 4.15. The number of aryl methyl sites for hydroxylation is 1. The van der Waals surface area contributed by atoms with Gasteiger partial charge in [-0.05, 0) is 55.5 Å². The summed E-state index contributed by atoms with van der Waals surface area (Å²) in [7, 11) is 6.17. The number of anilines is 4. The van der Waals surface area contributed by atoms with E-state index in [1.165, 1.54) is 25.0 Å². The van der Waals surface area contributed by atoms with Crippen molar-refractivity contribution in [2.75, 3.05) is 50.5 Å². The molecule has 3 atom stereocenters. The molecule has 1 saturated heterocycles. The van der Waals surface area contributed by atoms with Gasteiger partial charge in [-0.15, -0.1) is 0 Å². The molecule has 0 bridgehead atoms. The second kappa shape index (κ2) is 20.2. The quantitative estimate of drug-likeness (QED) is 0.0630. The maximum absolute atomic E-state index is 15.9. The Labute approximate surface area is 410 Å². The maximum atomic E-state index is 15.9. The predicted molar refractivity (Wildman–Crippen MR) is 264 cm³/mol. The fourth-order valence-electron chi connectivity index (χ4n) is 8.29. The summed E-state index contributed by atoms with van der Waals surface area (Å²) in [5.41, 5.74) is 3.25. The molecule has 1 saturated carbocycles. The van der Waals surface area contributed by atoms with E-state index in [0.29, 0.717) is 68.7 Å². The summed E-state index contributed by atoms with van der Waals surface area (Å²) >= 11 is 13.9. The van der Waals surface area contributed by atoms with Crippen molar-refractivity contribution in [3.05, 3.63) is 108 Å². The highest BCUT2D eigenvalue weighted by atomic mass is 35.5. The Morgan fingerprint density at radius 3 is 2.24 bits per heavy atom. The summed E-state index contributed by atoms with van der Waals surface area (Å²) in [6.07, 6.45) is 12.2. The van der Waals surface area contributed by atoms with Crippen LogP contribution in [0, 0.1) is 5.82 Å². The number of ether oxygens (including phenoxy) is 5. The minimum Gasteiger partial charge on any atom is -0.496 e. The summed E-state index contributed by atoms with van der Waals surface area (Å²) in [5, 5.41) is 19.0. The van der Waals surface area contributed by atoms with Crippen molar-refractivity contribution in [3.63, 3.8) is 0 Å². The molecule has 2 fully saturated rings. The van der Waals surface area contributed by atoms with Gasteiger partial charge in [-0.1, -0.05) is 36.4 Å². The molecule has 70 heavy (non-hydrogen) atoms. The number of nitrogens with zero attached hydrogens (tertiary/aromatic N) is 7. The van der Waals surface area contributed by atoms with E-state index in [0.717, 1.165) is 35.3 Å². The molecule has 0 spiro atoms. The van der Waals surface area contributed by atoms with Crippen LogP contribution in [0.2, 0.25) is 10.0 Å². The molecule has 6 heterocycles. The van der Waals surface area contributed by atoms with Crippen LogP contribution in [-0.2, 0) is 21.4 Å². The lowest BCUT2D eigenvalue weighted by Gasteiger charge is -2.37. The SMILES string of the molecule is C=CC(=O)Nc1cn(C)nc1Nc1ncc2cc(-c3c(Cl)c(OC)cc(OCC4C[C@H](NC(=O)C=C)[C@H](Nc5cc6cnc(-c7c(F)c(OC)cc(OC)c7C7CC7)cc6cn5)CO4)c3Cl)ncc2n1. The van der Waals surface area contributed by atoms with Crippen molar-refractivity contribution in [1.29, 1.82) is 0 Å². The highest BCUT2D eigenvalue weighted by Gasteiger charge is 2.35. The first-order valence-corrected chi connectivity index (χ1v) is 22.7. The number of halogens is 3. The lowest BCUT2D eigenvalue weighted by molar-refractivity contribution is -0.118. The monoisotopic (exact) mass is 989 g/mol. The molecule has 4 N–H and O–H groups in total. The number of carbonyl (C=O) groups excluding carboxylic acids is 2. The molecule has 5 aromatic heterocycles. The molecular formula is C49H46Cl2FN11O7. The molecule has 9 rings (SSSR count). The zero-order valence-electron chi connectivity index (χ0n) is 38.3. The van der Waals surface area contributed by atoms with Crippen LogP contribution in [-0.4, -0.2) is 99.2 Å². The second-order valence-corrected chi connectivity index (χ2v) is 17.3. The lowest BCUT2D eigenvalue weighted by atomic mass is 9.96. The van der Waals surface area contributed by atoms with E-state index in [4.69, 9.17) is 46.9 Å². The summed E-state index contributed by atoms with van der Waals surface area (Å²) in [4.78, 5) is 47.7. The number of methoxy groups -OCH3 is 3. The first kappa shape index (κ1) is 47.5. The number of hydrogen-bond acceptors (Lipinski definition) is 15. The fraction of sp³-hybridized carbons (Fsp3) is 0.265. The second-order valence-electron chi connectivity index (χ2n) is 16.5. The Morgan fingerprint density at radius 1 is 0.829 bits per heavy atom. The van der Waals surface area contributed by atoms with E-state index >= 15 is 4.39 Å². The van der Waals surface area contributed by atoms with Crippen LogP contribution in [0.25, 0.3) is 44.2 Å². The van der Waals surface area contributed by atoms with Gasteiger partial charge in [0.05, 0.1) is 85.5 Å². The number of carbonyl (C=O) groups is 2. The Kier molecular flexibility index (Phi) is 13.7. The molecule has 1 aliphatic carbocycles. The largest absolute Gasteiger partial charge is 0.496 e. The number of pyridine rings is 3. The van der Waals surface area contributed by atoms with Crippen molar-refractivity contribution < 1.29 is 37.7 Å². The summed E-state index contributed by atoms with van der Waals surface area (Å²) in [5.74, 6) is 1.18. The van der Waals surface area contributed by atoms with Crippen LogP contribution in [0.4, 0.5) is 27.7 Å². The molecular weight excluding hydrogens is 945 g/mol. The first-order valence-electron chi connectivity index (χ1n) is 22.0. The maximum Gasteiger partial charge on any atom is 0.247 e. The fourth-order valence-corrected chi connectivity index (χ4v) is 8.96. The van der Waals surface area contributed by atoms with E-state index < -0.39 is 29.9 Å². The van der Waals surface area contributed by atoms with Crippen molar-refractivity contribution in [2.24, 2.45) is 7.05 Å². The Bertz CT molecular complexity index is 3210. The molecule has 2 aliphatic rings. The number of benzene rings is 2. The van der Waals surface area contributed by atoms with Gasteiger partial charge in [-0.25, -0.2) is 19.3 Å². The number of aromatic nitrogens is 7. The van der Waals surface area contributed by atoms with Gasteiger partial charge in [0.2, 0.25) is 17.8 Å². The van der Waals surface area contributed by atoms with E-state index in [1.54, 1.807) is 69.4 Å². The number of hydrogen-bond donors (Lipinski definition) is 4.